The first kappa shape index (κ1) is 28.0. The van der Waals surface area contributed by atoms with Crippen molar-refractivity contribution in [2.45, 2.75) is 0 Å². The van der Waals surface area contributed by atoms with Crippen molar-refractivity contribution in [3.05, 3.63) is 182 Å². The van der Waals surface area contributed by atoms with Gasteiger partial charge in [0.2, 0.25) is 0 Å². The van der Waals surface area contributed by atoms with E-state index < -0.39 is 0 Å². The molecule has 0 saturated carbocycles. The Morgan fingerprint density at radius 1 is 0.333 bits per heavy atom. The lowest BCUT2D eigenvalue weighted by atomic mass is 9.96. The van der Waals surface area contributed by atoms with Crippen LogP contribution in [0.25, 0.3) is 99.2 Å². The number of nitrogens with zero attached hydrogens (tertiary/aromatic N) is 2. The number of fused-ring (bicyclic) bond motifs is 9. The second-order valence-corrected chi connectivity index (χ2v) is 13.3. The number of hydrogen-bond donors (Lipinski definition) is 0. The van der Waals surface area contributed by atoms with Gasteiger partial charge in [0.15, 0.2) is 0 Å². The molecule has 11 rings (SSSR count). The van der Waals surface area contributed by atoms with Crippen LogP contribution in [-0.4, -0.2) is 9.13 Å². The Kier molecular flexibility index (Phi) is 5.96. The fourth-order valence-electron chi connectivity index (χ4n) is 8.31. The molecular weight excluding hydrogens is 621 g/mol. The van der Waals surface area contributed by atoms with Gasteiger partial charge in [-0.15, -0.1) is 0 Å². The molecule has 0 spiro atoms. The van der Waals surface area contributed by atoms with Gasteiger partial charge in [0.1, 0.15) is 11.2 Å². The van der Waals surface area contributed by atoms with Crippen LogP contribution in [0.1, 0.15) is 0 Å². The Labute approximate surface area is 293 Å². The molecule has 0 unspecified atom stereocenters. The van der Waals surface area contributed by atoms with Crippen molar-refractivity contribution in [3.8, 4) is 33.6 Å². The lowest BCUT2D eigenvalue weighted by Gasteiger charge is -2.12. The molecule has 0 atom stereocenters. The molecule has 0 aliphatic rings. The average molecular weight is 651 g/mol. The van der Waals surface area contributed by atoms with E-state index in [4.69, 9.17) is 4.42 Å². The van der Waals surface area contributed by atoms with E-state index in [1.807, 2.05) is 0 Å². The molecule has 0 aliphatic heterocycles. The van der Waals surface area contributed by atoms with Gasteiger partial charge in [0.25, 0.3) is 0 Å². The Balaban J connectivity index is 1.15. The Hall–Kier alpha value is -6.84. The molecule has 0 bridgehead atoms. The van der Waals surface area contributed by atoms with Crippen LogP contribution < -0.4 is 0 Å². The molecule has 3 aromatic heterocycles. The average Bonchev–Trinajstić information content (AvgIpc) is 3.86. The number of benzene rings is 8. The van der Waals surface area contributed by atoms with E-state index in [-0.39, 0.29) is 0 Å². The van der Waals surface area contributed by atoms with Crippen LogP contribution in [0, 0.1) is 0 Å². The number of furan rings is 1. The molecule has 3 heterocycles. The van der Waals surface area contributed by atoms with Gasteiger partial charge in [-0.3, -0.25) is 0 Å². The van der Waals surface area contributed by atoms with Crippen LogP contribution in [0.3, 0.4) is 0 Å². The van der Waals surface area contributed by atoms with Crippen molar-refractivity contribution in [2.75, 3.05) is 0 Å². The predicted octanol–water partition coefficient (Wildman–Crippen LogP) is 13.1. The second-order valence-electron chi connectivity index (χ2n) is 13.3. The molecule has 8 aromatic carbocycles. The molecule has 3 heteroatoms. The summed E-state index contributed by atoms with van der Waals surface area (Å²) in [7, 11) is 0. The maximum absolute atomic E-state index is 6.60. The van der Waals surface area contributed by atoms with Crippen LogP contribution in [0.5, 0.6) is 0 Å². The second kappa shape index (κ2) is 10.8. The molecule has 0 fully saturated rings. The Morgan fingerprint density at radius 3 is 1.57 bits per heavy atom. The molecular formula is C48H30N2O. The van der Waals surface area contributed by atoms with Gasteiger partial charge >= 0.3 is 0 Å². The summed E-state index contributed by atoms with van der Waals surface area (Å²) in [6.07, 6.45) is 0. The third-order valence-electron chi connectivity index (χ3n) is 10.5. The number of rotatable bonds is 4. The molecule has 0 amide bonds. The monoisotopic (exact) mass is 650 g/mol. The van der Waals surface area contributed by atoms with Gasteiger partial charge in [-0.2, -0.15) is 0 Å². The van der Waals surface area contributed by atoms with Crippen molar-refractivity contribution < 1.29 is 4.42 Å². The van der Waals surface area contributed by atoms with E-state index in [0.29, 0.717) is 0 Å². The first-order valence-electron chi connectivity index (χ1n) is 17.4. The van der Waals surface area contributed by atoms with Gasteiger partial charge in [-0.25, -0.2) is 0 Å². The van der Waals surface area contributed by atoms with Crippen LogP contribution >= 0.6 is 0 Å². The first-order chi connectivity index (χ1) is 25.3. The maximum atomic E-state index is 6.60. The normalized spacial score (nSPS) is 11.9. The molecule has 0 saturated heterocycles. The highest BCUT2D eigenvalue weighted by molar-refractivity contribution is 6.18. The van der Waals surface area contributed by atoms with Crippen LogP contribution in [0.15, 0.2) is 186 Å². The number of para-hydroxylation sites is 3. The zero-order chi connectivity index (χ0) is 33.5. The number of hydrogen-bond acceptors (Lipinski definition) is 1. The molecule has 238 valence electrons. The molecule has 0 N–H and O–H groups in total. The maximum Gasteiger partial charge on any atom is 0.137 e. The van der Waals surface area contributed by atoms with E-state index in [2.05, 4.69) is 191 Å². The standard InChI is InChI=1S/C48H30N2O/c1-2-12-31(13-3-1)32-24-26-33(27-25-32)35-17-10-22-45-47(35)48-44(21-11-23-46(48)51-45)50-42-20-9-6-16-38(42)39-30-34(28-29-43(39)50)49-40-18-7-4-14-36(40)37-15-5-8-19-41(37)49/h1-30H. The molecule has 0 radical (unpaired) electrons. The zero-order valence-corrected chi connectivity index (χ0v) is 27.6. The zero-order valence-electron chi connectivity index (χ0n) is 27.6. The summed E-state index contributed by atoms with van der Waals surface area (Å²) in [6.45, 7) is 0. The van der Waals surface area contributed by atoms with E-state index in [9.17, 15) is 0 Å². The summed E-state index contributed by atoms with van der Waals surface area (Å²) < 4.78 is 11.4. The highest BCUT2D eigenvalue weighted by Gasteiger charge is 2.21. The van der Waals surface area contributed by atoms with E-state index in [1.54, 1.807) is 0 Å². The van der Waals surface area contributed by atoms with Crippen molar-refractivity contribution in [1.29, 1.82) is 0 Å². The van der Waals surface area contributed by atoms with Crippen LogP contribution in [0.2, 0.25) is 0 Å². The third-order valence-corrected chi connectivity index (χ3v) is 10.5. The summed E-state index contributed by atoms with van der Waals surface area (Å²) in [4.78, 5) is 0. The summed E-state index contributed by atoms with van der Waals surface area (Å²) in [5, 5.41) is 7.20. The van der Waals surface area contributed by atoms with Crippen molar-refractivity contribution in [3.63, 3.8) is 0 Å². The SMILES string of the molecule is c1ccc(-c2ccc(-c3cccc4oc5cccc(-n6c7ccccc7c7cc(-n8c9ccccc9c9ccccc98)ccc76)c5c34)cc2)cc1. The van der Waals surface area contributed by atoms with Gasteiger partial charge in [0, 0.05) is 32.6 Å². The smallest absolute Gasteiger partial charge is 0.137 e. The van der Waals surface area contributed by atoms with Crippen molar-refractivity contribution in [1.82, 2.24) is 9.13 Å². The lowest BCUT2D eigenvalue weighted by Crippen LogP contribution is -1.96. The van der Waals surface area contributed by atoms with Gasteiger partial charge in [0.05, 0.1) is 33.1 Å². The summed E-state index contributed by atoms with van der Waals surface area (Å²) in [5.74, 6) is 0. The summed E-state index contributed by atoms with van der Waals surface area (Å²) >= 11 is 0. The predicted molar refractivity (Wildman–Crippen MR) is 213 cm³/mol. The fraction of sp³-hybridized carbons (Fsp3) is 0. The quantitative estimate of drug-likeness (QED) is 0.186. The summed E-state index contributed by atoms with van der Waals surface area (Å²) in [6, 6.07) is 65.4. The number of aromatic nitrogens is 2. The van der Waals surface area contributed by atoms with E-state index in [1.165, 1.54) is 49.2 Å². The molecule has 11 aromatic rings. The Bertz CT molecular complexity index is 3070. The molecule has 3 nitrogen and oxygen atoms in total. The largest absolute Gasteiger partial charge is 0.456 e. The van der Waals surface area contributed by atoms with E-state index >= 15 is 0 Å². The van der Waals surface area contributed by atoms with Gasteiger partial charge in [-0.1, -0.05) is 127 Å². The summed E-state index contributed by atoms with van der Waals surface area (Å²) in [5.41, 5.74) is 13.5. The van der Waals surface area contributed by atoms with Gasteiger partial charge in [-0.05, 0) is 76.9 Å². The van der Waals surface area contributed by atoms with Crippen LogP contribution in [-0.2, 0) is 0 Å². The fourth-order valence-corrected chi connectivity index (χ4v) is 8.31. The highest BCUT2D eigenvalue weighted by atomic mass is 16.3. The minimum atomic E-state index is 0.878. The highest BCUT2D eigenvalue weighted by Crippen LogP contribution is 2.43. The first-order valence-corrected chi connectivity index (χ1v) is 17.4. The third kappa shape index (κ3) is 4.12. The van der Waals surface area contributed by atoms with E-state index in [0.717, 1.165) is 50.0 Å². The van der Waals surface area contributed by atoms with Crippen LogP contribution in [0.4, 0.5) is 0 Å². The Morgan fingerprint density at radius 2 is 0.863 bits per heavy atom. The lowest BCUT2D eigenvalue weighted by molar-refractivity contribution is 0.669. The topological polar surface area (TPSA) is 23.0 Å². The van der Waals surface area contributed by atoms with Crippen molar-refractivity contribution >= 4 is 65.6 Å². The van der Waals surface area contributed by atoms with Crippen molar-refractivity contribution in [2.24, 2.45) is 0 Å². The minimum absolute atomic E-state index is 0.878. The minimum Gasteiger partial charge on any atom is -0.456 e. The molecule has 51 heavy (non-hydrogen) atoms. The molecule has 0 aliphatic carbocycles. The van der Waals surface area contributed by atoms with Gasteiger partial charge < -0.3 is 13.6 Å².